The average molecular weight is 241 g/mol. The Morgan fingerprint density at radius 1 is 1.53 bits per heavy atom. The third-order valence-corrected chi connectivity index (χ3v) is 2.61. The molecule has 17 heavy (non-hydrogen) atoms. The number of carbonyl (C=O) groups is 1. The van der Waals surface area contributed by atoms with Crippen LogP contribution in [0.4, 0.5) is 4.39 Å². The lowest BCUT2D eigenvalue weighted by Gasteiger charge is -2.21. The Labute approximate surface area is 99.1 Å². The SMILES string of the molecule is CCC(C)(O)CNC(=O)c1c(O)cccc1F. The smallest absolute Gasteiger partial charge is 0.258 e. The van der Waals surface area contributed by atoms with E-state index in [1.165, 1.54) is 12.1 Å². The third kappa shape index (κ3) is 3.42. The molecule has 0 aliphatic carbocycles. The van der Waals surface area contributed by atoms with Crippen molar-refractivity contribution in [2.75, 3.05) is 6.54 Å². The van der Waals surface area contributed by atoms with Gasteiger partial charge in [0, 0.05) is 6.54 Å². The van der Waals surface area contributed by atoms with Crippen molar-refractivity contribution in [3.63, 3.8) is 0 Å². The molecule has 1 aromatic rings. The Balaban J connectivity index is 2.78. The van der Waals surface area contributed by atoms with E-state index in [4.69, 9.17) is 0 Å². The molecule has 94 valence electrons. The molecule has 0 radical (unpaired) electrons. The Bertz CT molecular complexity index is 398. The molecule has 1 aromatic carbocycles. The van der Waals surface area contributed by atoms with Gasteiger partial charge >= 0.3 is 0 Å². The lowest BCUT2D eigenvalue weighted by atomic mass is 10.0. The van der Waals surface area contributed by atoms with Crippen LogP contribution in [0.25, 0.3) is 0 Å². The van der Waals surface area contributed by atoms with Gasteiger partial charge in [-0.1, -0.05) is 13.0 Å². The summed E-state index contributed by atoms with van der Waals surface area (Å²) in [6, 6.07) is 3.63. The standard InChI is InChI=1S/C12H16FNO3/c1-3-12(2,17)7-14-11(16)10-8(13)5-4-6-9(10)15/h4-6,15,17H,3,7H2,1-2H3,(H,14,16). The van der Waals surface area contributed by atoms with Crippen molar-refractivity contribution in [3.05, 3.63) is 29.6 Å². The molecule has 0 fully saturated rings. The fraction of sp³-hybridized carbons (Fsp3) is 0.417. The van der Waals surface area contributed by atoms with Crippen LogP contribution < -0.4 is 5.32 Å². The third-order valence-electron chi connectivity index (χ3n) is 2.61. The van der Waals surface area contributed by atoms with Gasteiger partial charge in [0.05, 0.1) is 5.60 Å². The van der Waals surface area contributed by atoms with Crippen molar-refractivity contribution in [1.82, 2.24) is 5.32 Å². The predicted octanol–water partition coefficient (Wildman–Crippen LogP) is 1.42. The maximum absolute atomic E-state index is 13.3. The van der Waals surface area contributed by atoms with E-state index in [1.807, 2.05) is 0 Å². The molecule has 1 unspecified atom stereocenters. The highest BCUT2D eigenvalue weighted by Crippen LogP contribution is 2.19. The van der Waals surface area contributed by atoms with Crippen molar-refractivity contribution < 1.29 is 19.4 Å². The van der Waals surface area contributed by atoms with Crippen LogP contribution in [0.2, 0.25) is 0 Å². The molecule has 1 atom stereocenters. The van der Waals surface area contributed by atoms with Gasteiger partial charge in [-0.25, -0.2) is 4.39 Å². The van der Waals surface area contributed by atoms with Gasteiger partial charge in [0.1, 0.15) is 17.1 Å². The molecular weight excluding hydrogens is 225 g/mol. The Morgan fingerprint density at radius 3 is 2.71 bits per heavy atom. The van der Waals surface area contributed by atoms with Crippen LogP contribution in [0.3, 0.4) is 0 Å². The minimum atomic E-state index is -1.05. The number of phenolic OH excluding ortho intramolecular Hbond substituents is 1. The average Bonchev–Trinajstić information content (AvgIpc) is 2.26. The number of rotatable bonds is 4. The van der Waals surface area contributed by atoms with Crippen LogP contribution in [0, 0.1) is 5.82 Å². The highest BCUT2D eigenvalue weighted by Gasteiger charge is 2.21. The van der Waals surface area contributed by atoms with E-state index in [1.54, 1.807) is 13.8 Å². The van der Waals surface area contributed by atoms with Crippen molar-refractivity contribution in [3.8, 4) is 5.75 Å². The first kappa shape index (κ1) is 13.4. The summed E-state index contributed by atoms with van der Waals surface area (Å²) in [5.41, 5.74) is -1.45. The van der Waals surface area contributed by atoms with E-state index in [2.05, 4.69) is 5.32 Å². The second kappa shape index (κ2) is 5.14. The summed E-state index contributed by atoms with van der Waals surface area (Å²) in [4.78, 5) is 11.6. The minimum Gasteiger partial charge on any atom is -0.507 e. The van der Waals surface area contributed by atoms with Crippen LogP contribution in [0.5, 0.6) is 5.75 Å². The van der Waals surface area contributed by atoms with Crippen LogP contribution in [-0.2, 0) is 0 Å². The van der Waals surface area contributed by atoms with E-state index in [-0.39, 0.29) is 6.54 Å². The van der Waals surface area contributed by atoms with Crippen molar-refractivity contribution in [1.29, 1.82) is 0 Å². The first-order valence-corrected chi connectivity index (χ1v) is 5.35. The highest BCUT2D eigenvalue weighted by atomic mass is 19.1. The van der Waals surface area contributed by atoms with Gasteiger partial charge < -0.3 is 15.5 Å². The molecule has 0 saturated heterocycles. The lowest BCUT2D eigenvalue weighted by Crippen LogP contribution is -2.40. The molecule has 0 aliphatic heterocycles. The van der Waals surface area contributed by atoms with E-state index >= 15 is 0 Å². The van der Waals surface area contributed by atoms with Gasteiger partial charge in [-0.3, -0.25) is 4.79 Å². The zero-order valence-corrected chi connectivity index (χ0v) is 9.83. The number of benzene rings is 1. The summed E-state index contributed by atoms with van der Waals surface area (Å²) < 4.78 is 13.3. The first-order valence-electron chi connectivity index (χ1n) is 5.35. The second-order valence-electron chi connectivity index (χ2n) is 4.17. The van der Waals surface area contributed by atoms with Gasteiger partial charge in [-0.05, 0) is 25.5 Å². The number of nitrogens with one attached hydrogen (secondary N) is 1. The van der Waals surface area contributed by atoms with E-state index in [0.29, 0.717) is 6.42 Å². The fourth-order valence-corrected chi connectivity index (χ4v) is 1.22. The second-order valence-corrected chi connectivity index (χ2v) is 4.17. The molecule has 0 saturated carbocycles. The number of aromatic hydroxyl groups is 1. The van der Waals surface area contributed by atoms with Crippen molar-refractivity contribution in [2.24, 2.45) is 0 Å². The molecule has 0 heterocycles. The molecular formula is C12H16FNO3. The topological polar surface area (TPSA) is 69.6 Å². The normalized spacial score (nSPS) is 14.1. The van der Waals surface area contributed by atoms with E-state index in [0.717, 1.165) is 6.07 Å². The summed E-state index contributed by atoms with van der Waals surface area (Å²) in [6.45, 7) is 3.33. The Hall–Kier alpha value is -1.62. The molecule has 4 nitrogen and oxygen atoms in total. The van der Waals surface area contributed by atoms with Crippen molar-refractivity contribution in [2.45, 2.75) is 25.9 Å². The molecule has 1 rings (SSSR count). The number of hydrogen-bond acceptors (Lipinski definition) is 3. The summed E-state index contributed by atoms with van der Waals surface area (Å²) in [7, 11) is 0. The van der Waals surface area contributed by atoms with Crippen LogP contribution in [0.15, 0.2) is 18.2 Å². The fourth-order valence-electron chi connectivity index (χ4n) is 1.22. The quantitative estimate of drug-likeness (QED) is 0.746. The summed E-state index contributed by atoms with van der Waals surface area (Å²) >= 11 is 0. The largest absolute Gasteiger partial charge is 0.507 e. The van der Waals surface area contributed by atoms with Crippen LogP contribution >= 0.6 is 0 Å². The monoisotopic (exact) mass is 241 g/mol. The number of hydrogen-bond donors (Lipinski definition) is 3. The molecule has 3 N–H and O–H groups in total. The van der Waals surface area contributed by atoms with Crippen LogP contribution in [0.1, 0.15) is 30.6 Å². The predicted molar refractivity (Wildman–Crippen MR) is 61.3 cm³/mol. The van der Waals surface area contributed by atoms with Gasteiger partial charge in [-0.2, -0.15) is 0 Å². The lowest BCUT2D eigenvalue weighted by molar-refractivity contribution is 0.0516. The molecule has 0 aromatic heterocycles. The zero-order valence-electron chi connectivity index (χ0n) is 9.83. The highest BCUT2D eigenvalue weighted by molar-refractivity contribution is 5.97. The summed E-state index contributed by atoms with van der Waals surface area (Å²) in [5, 5.41) is 21.5. The summed E-state index contributed by atoms with van der Waals surface area (Å²) in [6.07, 6.45) is 0.455. The molecule has 5 heteroatoms. The van der Waals surface area contributed by atoms with Gasteiger partial charge in [0.25, 0.3) is 5.91 Å². The Kier molecular flexibility index (Phi) is 4.07. The van der Waals surface area contributed by atoms with Gasteiger partial charge in [0.2, 0.25) is 0 Å². The van der Waals surface area contributed by atoms with Gasteiger partial charge in [-0.15, -0.1) is 0 Å². The minimum absolute atomic E-state index is 0.00386. The maximum Gasteiger partial charge on any atom is 0.258 e. The molecule has 0 bridgehead atoms. The van der Waals surface area contributed by atoms with Crippen LogP contribution in [-0.4, -0.2) is 28.3 Å². The number of phenols is 1. The molecule has 1 amide bonds. The summed E-state index contributed by atoms with van der Waals surface area (Å²) in [5.74, 6) is -1.95. The van der Waals surface area contributed by atoms with E-state index in [9.17, 15) is 19.4 Å². The number of amides is 1. The first-order chi connectivity index (χ1) is 7.87. The van der Waals surface area contributed by atoms with Gasteiger partial charge in [0.15, 0.2) is 0 Å². The molecule has 0 aliphatic rings. The Morgan fingerprint density at radius 2 is 2.18 bits per heavy atom. The maximum atomic E-state index is 13.3. The zero-order chi connectivity index (χ0) is 13.1. The van der Waals surface area contributed by atoms with Crippen molar-refractivity contribution >= 4 is 5.91 Å². The number of carbonyl (C=O) groups excluding carboxylic acids is 1. The number of aliphatic hydroxyl groups is 1. The number of halogens is 1. The molecule has 0 spiro atoms. The van der Waals surface area contributed by atoms with E-state index < -0.39 is 28.6 Å².